The van der Waals surface area contributed by atoms with Crippen molar-refractivity contribution in [1.29, 1.82) is 0 Å². The number of pyridine rings is 1. The van der Waals surface area contributed by atoms with Crippen molar-refractivity contribution >= 4 is 23.8 Å². The Morgan fingerprint density at radius 1 is 1.22 bits per heavy atom. The molecule has 190 valence electrons. The van der Waals surface area contributed by atoms with E-state index in [1.54, 1.807) is 19.2 Å². The molecule has 2 aliphatic heterocycles. The fraction of sp³-hybridized carbons (Fsp3) is 0.444. The van der Waals surface area contributed by atoms with Crippen LogP contribution in [-0.2, 0) is 27.3 Å². The number of nitrogens with one attached hydrogen (secondary N) is 2. The highest BCUT2D eigenvalue weighted by atomic mass is 16.6. The summed E-state index contributed by atoms with van der Waals surface area (Å²) in [7, 11) is 0. The summed E-state index contributed by atoms with van der Waals surface area (Å²) in [6.45, 7) is 8.05. The molecule has 3 atom stereocenters. The second-order valence-electron chi connectivity index (χ2n) is 9.51. The molecule has 9 heteroatoms. The van der Waals surface area contributed by atoms with Crippen molar-refractivity contribution in [3.05, 3.63) is 64.0 Å². The maximum Gasteiger partial charge on any atom is 0.408 e. The first-order valence-corrected chi connectivity index (χ1v) is 12.4. The molecule has 2 aromatic rings. The molecule has 4 amide bonds. The highest BCUT2D eigenvalue weighted by molar-refractivity contribution is 6.05. The number of piperidine rings is 1. The average Bonchev–Trinajstić information content (AvgIpc) is 3.15. The second-order valence-corrected chi connectivity index (χ2v) is 9.51. The Bertz CT molecular complexity index is 1210. The van der Waals surface area contributed by atoms with Gasteiger partial charge in [0.05, 0.1) is 6.04 Å². The van der Waals surface area contributed by atoms with Crippen molar-refractivity contribution in [2.45, 2.75) is 78.1 Å². The minimum Gasteiger partial charge on any atom is -0.442 e. The number of aryl methyl sites for hydroxylation is 2. The molecule has 1 fully saturated rings. The zero-order valence-electron chi connectivity index (χ0n) is 21.1. The summed E-state index contributed by atoms with van der Waals surface area (Å²) in [5.74, 6) is -1.03. The molecule has 0 radical (unpaired) electrons. The maximum atomic E-state index is 13.0. The van der Waals surface area contributed by atoms with Crippen molar-refractivity contribution in [1.82, 2.24) is 20.5 Å². The number of carbonyl (C=O) groups excluding carboxylic acids is 4. The van der Waals surface area contributed by atoms with Gasteiger partial charge in [-0.15, -0.1) is 0 Å². The minimum absolute atomic E-state index is 0.207. The number of carbonyl (C=O) groups is 4. The van der Waals surface area contributed by atoms with Gasteiger partial charge in [-0.1, -0.05) is 31.5 Å². The first-order valence-electron chi connectivity index (χ1n) is 12.4. The van der Waals surface area contributed by atoms with Gasteiger partial charge in [-0.2, -0.15) is 0 Å². The molecule has 0 spiro atoms. The van der Waals surface area contributed by atoms with Crippen LogP contribution in [0.4, 0.5) is 4.79 Å². The third kappa shape index (κ3) is 5.24. The van der Waals surface area contributed by atoms with E-state index in [2.05, 4.69) is 22.5 Å². The largest absolute Gasteiger partial charge is 0.442 e. The van der Waals surface area contributed by atoms with Gasteiger partial charge < -0.3 is 15.0 Å². The number of rotatable bonds is 7. The average molecular weight is 493 g/mol. The maximum absolute atomic E-state index is 13.0. The molecule has 3 heterocycles. The van der Waals surface area contributed by atoms with Crippen LogP contribution in [0.5, 0.6) is 0 Å². The third-order valence-electron chi connectivity index (χ3n) is 6.83. The molecule has 2 N–H and O–H groups in total. The topological polar surface area (TPSA) is 118 Å². The van der Waals surface area contributed by atoms with Crippen LogP contribution in [0.2, 0.25) is 0 Å². The molecule has 1 aromatic heterocycles. The van der Waals surface area contributed by atoms with Crippen molar-refractivity contribution in [2.24, 2.45) is 0 Å². The minimum atomic E-state index is -0.666. The molecule has 2 aliphatic rings. The molecule has 1 aromatic carbocycles. The Morgan fingerprint density at radius 2 is 2.00 bits per heavy atom. The molecular formula is C27H32N4O5. The number of hydrogen-bond acceptors (Lipinski definition) is 6. The monoisotopic (exact) mass is 492 g/mol. The summed E-state index contributed by atoms with van der Waals surface area (Å²) in [5.41, 5.74) is 5.01. The lowest BCUT2D eigenvalue weighted by Crippen LogP contribution is -2.52. The zero-order valence-corrected chi connectivity index (χ0v) is 21.1. The highest BCUT2D eigenvalue weighted by Gasteiger charge is 2.39. The molecule has 3 unspecified atom stereocenters. The zero-order chi connectivity index (χ0) is 26.0. The fourth-order valence-corrected chi connectivity index (χ4v) is 4.71. The Balaban J connectivity index is 1.38. The van der Waals surface area contributed by atoms with Crippen LogP contribution in [0.15, 0.2) is 30.5 Å². The van der Waals surface area contributed by atoms with Gasteiger partial charge in [-0.05, 0) is 61.9 Å². The van der Waals surface area contributed by atoms with Crippen LogP contribution >= 0.6 is 0 Å². The van der Waals surface area contributed by atoms with E-state index in [0.717, 1.165) is 35.2 Å². The lowest BCUT2D eigenvalue weighted by atomic mass is 10.0. The molecular weight excluding hydrogens is 460 g/mol. The molecule has 36 heavy (non-hydrogen) atoms. The number of aromatic nitrogens is 1. The lowest BCUT2D eigenvalue weighted by molar-refractivity contribution is -0.136. The van der Waals surface area contributed by atoms with Crippen LogP contribution in [0, 0.1) is 6.92 Å². The van der Waals surface area contributed by atoms with E-state index < -0.39 is 24.1 Å². The van der Waals surface area contributed by atoms with Gasteiger partial charge in [0.25, 0.3) is 5.91 Å². The normalized spacial score (nSPS) is 18.9. The van der Waals surface area contributed by atoms with Gasteiger partial charge in [0.15, 0.2) is 0 Å². The number of amides is 4. The smallest absolute Gasteiger partial charge is 0.408 e. The summed E-state index contributed by atoms with van der Waals surface area (Å²) in [6, 6.07) is 6.44. The summed E-state index contributed by atoms with van der Waals surface area (Å²) >= 11 is 0. The Kier molecular flexibility index (Phi) is 7.37. The summed E-state index contributed by atoms with van der Waals surface area (Å²) in [4.78, 5) is 55.4. The quantitative estimate of drug-likeness (QED) is 0.570. The highest BCUT2D eigenvalue weighted by Crippen LogP contribution is 2.30. The number of ether oxygens (including phenoxy) is 1. The first-order chi connectivity index (χ1) is 17.2. The van der Waals surface area contributed by atoms with E-state index in [0.29, 0.717) is 24.1 Å². The van der Waals surface area contributed by atoms with Crippen LogP contribution in [-0.4, -0.2) is 39.7 Å². The van der Waals surface area contributed by atoms with Crippen LogP contribution < -0.4 is 10.6 Å². The first kappa shape index (κ1) is 25.3. The van der Waals surface area contributed by atoms with Gasteiger partial charge in [-0.25, -0.2) is 4.79 Å². The molecule has 0 aliphatic carbocycles. The van der Waals surface area contributed by atoms with E-state index in [1.807, 2.05) is 32.0 Å². The van der Waals surface area contributed by atoms with Gasteiger partial charge in [-0.3, -0.25) is 24.7 Å². The molecule has 1 saturated heterocycles. The van der Waals surface area contributed by atoms with E-state index >= 15 is 0 Å². The summed E-state index contributed by atoms with van der Waals surface area (Å²) < 4.78 is 5.59. The number of hydrogen-bond donors (Lipinski definition) is 2. The van der Waals surface area contributed by atoms with Crippen LogP contribution in [0.3, 0.4) is 0 Å². The number of nitrogens with zero attached hydrogens (tertiary/aromatic N) is 2. The molecule has 4 rings (SSSR count). The third-order valence-corrected chi connectivity index (χ3v) is 6.83. The summed E-state index contributed by atoms with van der Waals surface area (Å²) in [6.07, 6.45) is 3.09. The van der Waals surface area contributed by atoms with Gasteiger partial charge in [0, 0.05) is 30.4 Å². The van der Waals surface area contributed by atoms with Crippen molar-refractivity contribution < 1.29 is 23.9 Å². The summed E-state index contributed by atoms with van der Waals surface area (Å²) in [5, 5.41) is 5.15. The van der Waals surface area contributed by atoms with Gasteiger partial charge in [0.2, 0.25) is 11.8 Å². The van der Waals surface area contributed by atoms with Crippen LogP contribution in [0.25, 0.3) is 0 Å². The Hall–Kier alpha value is -3.75. The Morgan fingerprint density at radius 3 is 2.69 bits per heavy atom. The number of imide groups is 1. The fourth-order valence-electron chi connectivity index (χ4n) is 4.71. The predicted molar refractivity (Wildman–Crippen MR) is 132 cm³/mol. The predicted octanol–water partition coefficient (Wildman–Crippen LogP) is 3.65. The van der Waals surface area contributed by atoms with E-state index in [4.69, 9.17) is 4.74 Å². The second kappa shape index (κ2) is 10.5. The van der Waals surface area contributed by atoms with E-state index in [1.165, 1.54) is 4.90 Å². The van der Waals surface area contributed by atoms with Crippen molar-refractivity contribution in [3.8, 4) is 0 Å². The number of benzene rings is 1. The molecule has 0 saturated carbocycles. The van der Waals surface area contributed by atoms with Crippen LogP contribution in [0.1, 0.15) is 90.5 Å². The standard InChI is InChI=1S/C27H32N4O5/c1-5-6-22-15(2)11-20(13-28-22)16(3)29-27(35)36-17(4)18-7-8-19-14-31(26(34)21(19)12-18)23-9-10-24(32)30-25(23)33/h7-8,11-13,16-17,23H,5-6,9-10,14H2,1-4H3,(H,29,35)(H,30,32,33). The van der Waals surface area contributed by atoms with Crippen molar-refractivity contribution in [3.63, 3.8) is 0 Å². The van der Waals surface area contributed by atoms with Gasteiger partial charge in [0.1, 0.15) is 12.1 Å². The van der Waals surface area contributed by atoms with Crippen molar-refractivity contribution in [2.75, 3.05) is 0 Å². The Labute approximate surface area is 210 Å². The van der Waals surface area contributed by atoms with Gasteiger partial charge >= 0.3 is 6.09 Å². The van der Waals surface area contributed by atoms with E-state index in [-0.39, 0.29) is 24.3 Å². The molecule has 9 nitrogen and oxygen atoms in total. The lowest BCUT2D eigenvalue weighted by Gasteiger charge is -2.29. The number of alkyl carbamates (subject to hydrolysis) is 1. The number of fused-ring (bicyclic) bond motifs is 1. The molecule has 0 bridgehead atoms. The van der Waals surface area contributed by atoms with E-state index in [9.17, 15) is 19.2 Å². The SMILES string of the molecule is CCCc1ncc(C(C)NC(=O)OC(C)c2ccc3c(c2)C(=O)N(C2CCC(=O)NC2=O)C3)cc1C.